The topological polar surface area (TPSA) is 0 Å². The van der Waals surface area contributed by atoms with E-state index in [0.717, 1.165) is 18.8 Å². The van der Waals surface area contributed by atoms with Gasteiger partial charge in [0.05, 0.1) is 0 Å². The Balaban J connectivity index is 3.10. The van der Waals surface area contributed by atoms with Crippen molar-refractivity contribution in [1.82, 2.24) is 0 Å². The van der Waals surface area contributed by atoms with Gasteiger partial charge >= 0.3 is 0 Å². The van der Waals surface area contributed by atoms with E-state index in [9.17, 15) is 0 Å². The van der Waals surface area contributed by atoms with Gasteiger partial charge in [-0.15, -0.1) is 0 Å². The molecule has 1 unspecified atom stereocenters. The summed E-state index contributed by atoms with van der Waals surface area (Å²) in [4.78, 5) is 0. The third kappa shape index (κ3) is 26.0. The molecule has 180 valence electrons. The van der Waals surface area contributed by atoms with Crippen molar-refractivity contribution in [3.05, 3.63) is 13.8 Å². The molecule has 0 amide bonds. The summed E-state index contributed by atoms with van der Waals surface area (Å²) in [6.45, 7) is 10.3. The van der Waals surface area contributed by atoms with Crippen molar-refractivity contribution in [3.63, 3.8) is 0 Å². The van der Waals surface area contributed by atoms with Crippen LogP contribution in [-0.2, 0) is 0 Å². The van der Waals surface area contributed by atoms with Crippen molar-refractivity contribution < 1.29 is 0 Å². The Labute approximate surface area is 193 Å². The molecule has 0 aromatic heterocycles. The molecule has 30 heavy (non-hydrogen) atoms. The first-order chi connectivity index (χ1) is 14.8. The van der Waals surface area contributed by atoms with Gasteiger partial charge in [0.15, 0.2) is 0 Å². The molecule has 0 aliphatic heterocycles. The van der Waals surface area contributed by atoms with Crippen LogP contribution in [0.4, 0.5) is 0 Å². The molecule has 0 aliphatic carbocycles. The maximum atomic E-state index is 3.92. The third-order valence-corrected chi connectivity index (χ3v) is 6.89. The molecule has 0 aromatic rings. The highest BCUT2D eigenvalue weighted by Gasteiger charge is 2.02. The van der Waals surface area contributed by atoms with Crippen LogP contribution in [0.2, 0.25) is 0 Å². The highest BCUT2D eigenvalue weighted by Crippen LogP contribution is 2.19. The monoisotopic (exact) mass is 420 g/mol. The molecule has 0 aliphatic rings. The highest BCUT2D eigenvalue weighted by molar-refractivity contribution is 4.56. The van der Waals surface area contributed by atoms with Gasteiger partial charge in [-0.2, -0.15) is 0 Å². The van der Waals surface area contributed by atoms with Crippen molar-refractivity contribution in [1.29, 1.82) is 0 Å². The van der Waals surface area contributed by atoms with Crippen LogP contribution in [0.3, 0.4) is 0 Å². The zero-order chi connectivity index (χ0) is 22.0. The van der Waals surface area contributed by atoms with Crippen LogP contribution >= 0.6 is 0 Å². The third-order valence-electron chi connectivity index (χ3n) is 6.89. The number of hydrogen-bond donors (Lipinski definition) is 0. The molecule has 0 saturated carbocycles. The lowest BCUT2D eigenvalue weighted by Crippen LogP contribution is -1.95. The van der Waals surface area contributed by atoms with Gasteiger partial charge in [-0.3, -0.25) is 0 Å². The quantitative estimate of drug-likeness (QED) is 0.122. The van der Waals surface area contributed by atoms with Crippen LogP contribution in [0.1, 0.15) is 174 Å². The Morgan fingerprint density at radius 3 is 0.767 bits per heavy atom. The summed E-state index contributed by atoms with van der Waals surface area (Å²) in [5.74, 6) is 0.957. The van der Waals surface area contributed by atoms with Crippen molar-refractivity contribution >= 4 is 0 Å². The van der Waals surface area contributed by atoms with E-state index in [1.54, 1.807) is 0 Å². The van der Waals surface area contributed by atoms with Crippen LogP contribution in [0.25, 0.3) is 0 Å². The number of rotatable bonds is 26. The predicted octanol–water partition coefficient (Wildman–Crippen LogP) is 11.4. The molecular formula is C30H60. The first-order valence-corrected chi connectivity index (χ1v) is 14.4. The molecule has 0 heterocycles. The standard InChI is InChI=1S/C30H60/c1-4-6-8-10-12-13-14-15-16-17-18-19-20-21-23-25-27-29-30(3)28-26-24-22-11-9-7-5-2/h30H,1-2,4-29H2,3H3. The zero-order valence-corrected chi connectivity index (χ0v) is 21.4. The minimum Gasteiger partial charge on any atom is -0.0625 e. The molecule has 2 radical (unpaired) electrons. The van der Waals surface area contributed by atoms with Gasteiger partial charge in [0, 0.05) is 0 Å². The fourth-order valence-corrected chi connectivity index (χ4v) is 4.67. The molecule has 0 bridgehead atoms. The fourth-order valence-electron chi connectivity index (χ4n) is 4.67. The van der Waals surface area contributed by atoms with E-state index in [1.807, 2.05) is 0 Å². The lowest BCUT2D eigenvalue weighted by Gasteiger charge is -2.11. The fraction of sp³-hybridized carbons (Fsp3) is 0.933. The van der Waals surface area contributed by atoms with E-state index in [0.29, 0.717) is 0 Å². The average Bonchev–Trinajstić information content (AvgIpc) is 2.75. The van der Waals surface area contributed by atoms with Crippen molar-refractivity contribution in [2.24, 2.45) is 5.92 Å². The molecule has 0 N–H and O–H groups in total. The van der Waals surface area contributed by atoms with Gasteiger partial charge in [0.25, 0.3) is 0 Å². The maximum absolute atomic E-state index is 3.92. The van der Waals surface area contributed by atoms with Crippen LogP contribution in [0.5, 0.6) is 0 Å². The first kappa shape index (κ1) is 30.0. The number of hydrogen-bond acceptors (Lipinski definition) is 0. The molecule has 0 spiro atoms. The van der Waals surface area contributed by atoms with Crippen molar-refractivity contribution in [3.8, 4) is 0 Å². The second-order valence-electron chi connectivity index (χ2n) is 10.2. The maximum Gasteiger partial charge on any atom is -0.0443 e. The second kappa shape index (κ2) is 27.0. The van der Waals surface area contributed by atoms with Crippen LogP contribution in [0.15, 0.2) is 0 Å². The molecule has 0 rings (SSSR count). The van der Waals surface area contributed by atoms with E-state index >= 15 is 0 Å². The van der Waals surface area contributed by atoms with Gasteiger partial charge in [-0.05, 0) is 5.92 Å². The van der Waals surface area contributed by atoms with Gasteiger partial charge in [0.2, 0.25) is 0 Å². The molecule has 0 saturated heterocycles. The van der Waals surface area contributed by atoms with Gasteiger partial charge in [-0.1, -0.05) is 188 Å². The normalized spacial score (nSPS) is 12.5. The Kier molecular flexibility index (Phi) is 27.0. The molecule has 1 atom stereocenters. The molecule has 0 nitrogen and oxygen atoms in total. The van der Waals surface area contributed by atoms with Crippen molar-refractivity contribution in [2.75, 3.05) is 0 Å². The SMILES string of the molecule is [CH2]CCCCCCCCCCCCCCCCCCC(C)CCCCCCCC[CH2]. The van der Waals surface area contributed by atoms with E-state index in [2.05, 4.69) is 20.8 Å². The minimum atomic E-state index is 0.957. The molecule has 0 heteroatoms. The predicted molar refractivity (Wildman–Crippen MR) is 140 cm³/mol. The molecule has 0 aromatic carbocycles. The van der Waals surface area contributed by atoms with Crippen LogP contribution in [0, 0.1) is 19.8 Å². The summed E-state index contributed by atoms with van der Waals surface area (Å²) in [7, 11) is 0. The first-order valence-electron chi connectivity index (χ1n) is 14.4. The number of unbranched alkanes of at least 4 members (excludes halogenated alkanes) is 22. The largest absolute Gasteiger partial charge is 0.0625 e. The Morgan fingerprint density at radius 2 is 0.533 bits per heavy atom. The summed E-state index contributed by atoms with van der Waals surface area (Å²) in [6.07, 6.45) is 37.1. The average molecular weight is 421 g/mol. The highest BCUT2D eigenvalue weighted by atomic mass is 14.1. The van der Waals surface area contributed by atoms with E-state index in [-0.39, 0.29) is 0 Å². The Morgan fingerprint density at radius 1 is 0.333 bits per heavy atom. The van der Waals surface area contributed by atoms with Gasteiger partial charge in [-0.25, -0.2) is 0 Å². The smallest absolute Gasteiger partial charge is 0.0443 e. The minimum absolute atomic E-state index is 0.957. The van der Waals surface area contributed by atoms with E-state index in [4.69, 9.17) is 0 Å². The van der Waals surface area contributed by atoms with Gasteiger partial charge < -0.3 is 0 Å². The van der Waals surface area contributed by atoms with E-state index < -0.39 is 0 Å². The summed E-state index contributed by atoms with van der Waals surface area (Å²) >= 11 is 0. The lowest BCUT2D eigenvalue weighted by atomic mass is 9.95. The summed E-state index contributed by atoms with van der Waals surface area (Å²) in [5.41, 5.74) is 0. The van der Waals surface area contributed by atoms with E-state index in [1.165, 1.54) is 154 Å². The zero-order valence-electron chi connectivity index (χ0n) is 21.4. The molecule has 0 fully saturated rings. The second-order valence-corrected chi connectivity index (χ2v) is 10.2. The summed E-state index contributed by atoms with van der Waals surface area (Å²) < 4.78 is 0. The Bertz CT molecular complexity index is 282. The van der Waals surface area contributed by atoms with Gasteiger partial charge in [0.1, 0.15) is 0 Å². The lowest BCUT2D eigenvalue weighted by molar-refractivity contribution is 0.430. The van der Waals surface area contributed by atoms with Crippen LogP contribution < -0.4 is 0 Å². The Hall–Kier alpha value is 0. The summed E-state index contributed by atoms with van der Waals surface area (Å²) in [6, 6.07) is 0. The summed E-state index contributed by atoms with van der Waals surface area (Å²) in [5, 5.41) is 0. The van der Waals surface area contributed by atoms with Crippen molar-refractivity contribution in [2.45, 2.75) is 174 Å². The van der Waals surface area contributed by atoms with Crippen LogP contribution in [-0.4, -0.2) is 0 Å². The molecular weight excluding hydrogens is 360 g/mol.